The normalized spacial score (nSPS) is 21.8. The van der Waals surface area contributed by atoms with Gasteiger partial charge in [0.15, 0.2) is 0 Å². The van der Waals surface area contributed by atoms with Crippen LogP contribution in [0.1, 0.15) is 43.2 Å². The van der Waals surface area contributed by atoms with Crippen LogP contribution in [0, 0.1) is 6.92 Å². The third kappa shape index (κ3) is 2.19. The number of hydrogen-bond donors (Lipinski definition) is 1. The molecule has 0 spiro atoms. The summed E-state index contributed by atoms with van der Waals surface area (Å²) in [6, 6.07) is 3.96. The summed E-state index contributed by atoms with van der Waals surface area (Å²) >= 11 is 3.57. The van der Waals surface area contributed by atoms with Gasteiger partial charge < -0.3 is 5.32 Å². The van der Waals surface area contributed by atoms with Gasteiger partial charge in [-0.15, -0.1) is 0 Å². The molecule has 2 aliphatic carbocycles. The summed E-state index contributed by atoms with van der Waals surface area (Å²) in [6.45, 7) is 2.06. The van der Waals surface area contributed by atoms with E-state index in [9.17, 15) is 4.79 Å². The van der Waals surface area contributed by atoms with Crippen molar-refractivity contribution < 1.29 is 4.79 Å². The van der Waals surface area contributed by atoms with Gasteiger partial charge in [-0.05, 0) is 73.9 Å². The van der Waals surface area contributed by atoms with E-state index in [1.165, 1.54) is 36.8 Å². The van der Waals surface area contributed by atoms with Crippen LogP contribution in [0.2, 0.25) is 0 Å². The van der Waals surface area contributed by atoms with Crippen LogP contribution in [0.25, 0.3) is 5.57 Å². The number of hydrogen-bond acceptors (Lipinski definition) is 1. The highest BCUT2D eigenvalue weighted by atomic mass is 79.9. The highest BCUT2D eigenvalue weighted by Gasteiger charge is 2.28. The molecule has 0 aromatic heterocycles. The molecule has 0 unspecified atom stereocenters. The molecule has 1 aromatic rings. The predicted molar refractivity (Wildman–Crippen MR) is 93.7 cm³/mol. The zero-order valence-electron chi connectivity index (χ0n) is 12.6. The molecule has 0 atom stereocenters. The van der Waals surface area contributed by atoms with Crippen molar-refractivity contribution in [3.8, 4) is 0 Å². The summed E-state index contributed by atoms with van der Waals surface area (Å²) in [5.74, 6) is 0.0157. The average molecular weight is 356 g/mol. The predicted octanol–water partition coefficient (Wildman–Crippen LogP) is 5.29. The molecule has 0 bridgehead atoms. The maximum Gasteiger partial charge on any atom is 0.256 e. The van der Waals surface area contributed by atoms with E-state index in [0.29, 0.717) is 0 Å². The minimum Gasteiger partial charge on any atom is -0.321 e. The molecule has 3 heteroatoms. The van der Waals surface area contributed by atoms with E-state index >= 15 is 0 Å². The molecule has 3 aliphatic rings. The summed E-state index contributed by atoms with van der Waals surface area (Å²) in [4.78, 5) is 12.4. The van der Waals surface area contributed by atoms with E-state index in [1.54, 1.807) is 5.57 Å². The molecule has 0 saturated carbocycles. The van der Waals surface area contributed by atoms with Crippen LogP contribution in [0.5, 0.6) is 0 Å². The van der Waals surface area contributed by atoms with Gasteiger partial charge in [-0.2, -0.15) is 0 Å². The Hall–Kier alpha value is -1.61. The fraction of sp³-hybridized carbons (Fsp3) is 0.316. The van der Waals surface area contributed by atoms with Gasteiger partial charge >= 0.3 is 0 Å². The van der Waals surface area contributed by atoms with Crippen molar-refractivity contribution in [1.29, 1.82) is 0 Å². The van der Waals surface area contributed by atoms with Crippen molar-refractivity contribution in [2.75, 3.05) is 5.32 Å². The summed E-state index contributed by atoms with van der Waals surface area (Å²) in [7, 11) is 0. The van der Waals surface area contributed by atoms with Crippen molar-refractivity contribution in [2.45, 2.75) is 39.0 Å². The van der Waals surface area contributed by atoms with Gasteiger partial charge in [-0.25, -0.2) is 0 Å². The lowest BCUT2D eigenvalue weighted by Crippen LogP contribution is -2.04. The fourth-order valence-electron chi connectivity index (χ4n) is 3.75. The third-order valence-corrected chi connectivity index (χ3v) is 5.76. The maximum atomic E-state index is 12.4. The highest BCUT2D eigenvalue weighted by molar-refractivity contribution is 9.10. The Morgan fingerprint density at radius 2 is 2.05 bits per heavy atom. The lowest BCUT2D eigenvalue weighted by molar-refractivity contribution is -0.110. The number of anilines is 1. The van der Waals surface area contributed by atoms with Crippen LogP contribution in [-0.4, -0.2) is 5.91 Å². The zero-order chi connectivity index (χ0) is 15.3. The Labute approximate surface area is 139 Å². The molecule has 4 rings (SSSR count). The monoisotopic (exact) mass is 355 g/mol. The molecule has 0 fully saturated rings. The second-order valence-electron chi connectivity index (χ2n) is 6.34. The summed E-state index contributed by atoms with van der Waals surface area (Å²) < 4.78 is 1.05. The van der Waals surface area contributed by atoms with Gasteiger partial charge in [0, 0.05) is 21.3 Å². The van der Waals surface area contributed by atoms with Gasteiger partial charge in [0.25, 0.3) is 5.91 Å². The molecule has 0 saturated heterocycles. The third-order valence-electron chi connectivity index (χ3n) is 4.90. The molecule has 0 radical (unpaired) electrons. The van der Waals surface area contributed by atoms with Gasteiger partial charge in [0.05, 0.1) is 0 Å². The van der Waals surface area contributed by atoms with Crippen molar-refractivity contribution in [1.82, 2.24) is 0 Å². The van der Waals surface area contributed by atoms with Crippen LogP contribution in [0.4, 0.5) is 5.69 Å². The Morgan fingerprint density at radius 1 is 1.23 bits per heavy atom. The Balaban J connectivity index is 1.73. The lowest BCUT2D eigenvalue weighted by atomic mass is 9.93. The first-order valence-corrected chi connectivity index (χ1v) is 8.67. The van der Waals surface area contributed by atoms with E-state index in [0.717, 1.165) is 33.3 Å². The lowest BCUT2D eigenvalue weighted by Gasteiger charge is -2.12. The van der Waals surface area contributed by atoms with E-state index < -0.39 is 0 Å². The first-order valence-electron chi connectivity index (χ1n) is 7.87. The number of carbonyl (C=O) groups excluding carboxylic acids is 1. The number of halogens is 1. The Morgan fingerprint density at radius 3 is 2.86 bits per heavy atom. The Kier molecular flexibility index (Phi) is 3.33. The molecule has 22 heavy (non-hydrogen) atoms. The van der Waals surface area contributed by atoms with E-state index in [1.807, 2.05) is 12.1 Å². The molecule has 1 heterocycles. The van der Waals surface area contributed by atoms with Crippen molar-refractivity contribution >= 4 is 33.1 Å². The number of carbonyl (C=O) groups is 1. The largest absolute Gasteiger partial charge is 0.321 e. The van der Waals surface area contributed by atoms with Crippen LogP contribution < -0.4 is 5.32 Å². The molecule has 1 N–H and O–H groups in total. The molecule has 112 valence electrons. The number of allylic oxidation sites excluding steroid dienone is 5. The van der Waals surface area contributed by atoms with E-state index in [-0.39, 0.29) is 5.91 Å². The molecule has 1 amide bonds. The molecule has 2 nitrogen and oxygen atoms in total. The second-order valence-corrected chi connectivity index (χ2v) is 7.19. The van der Waals surface area contributed by atoms with E-state index in [2.05, 4.69) is 40.3 Å². The van der Waals surface area contributed by atoms with Gasteiger partial charge in [0.2, 0.25) is 0 Å². The average Bonchev–Trinajstić information content (AvgIpc) is 3.05. The van der Waals surface area contributed by atoms with Crippen LogP contribution in [-0.2, 0) is 4.79 Å². The Bertz CT molecular complexity index is 783. The highest BCUT2D eigenvalue weighted by Crippen LogP contribution is 2.41. The number of benzene rings is 1. The van der Waals surface area contributed by atoms with E-state index in [4.69, 9.17) is 0 Å². The maximum absolute atomic E-state index is 12.4. The van der Waals surface area contributed by atoms with Crippen molar-refractivity contribution in [3.63, 3.8) is 0 Å². The van der Waals surface area contributed by atoms with Gasteiger partial charge in [-0.1, -0.05) is 27.6 Å². The minimum atomic E-state index is 0.0157. The number of nitrogens with one attached hydrogen (secondary N) is 1. The zero-order valence-corrected chi connectivity index (χ0v) is 14.2. The standard InChI is InChI=1S/C19H18BrNO/c1-11-16(20)6-7-17-18(11)15(19(22)21-17)10-12-8-13-4-2-3-5-14(13)9-12/h6-8,10H,2-5,9H2,1H3,(H,21,22). The first-order chi connectivity index (χ1) is 10.6. The molecular weight excluding hydrogens is 338 g/mol. The van der Waals surface area contributed by atoms with Crippen molar-refractivity contribution in [3.05, 3.63) is 56.6 Å². The summed E-state index contributed by atoms with van der Waals surface area (Å²) in [6.07, 6.45) is 10.5. The van der Waals surface area contributed by atoms with Crippen LogP contribution in [0.3, 0.4) is 0 Å². The minimum absolute atomic E-state index is 0.0157. The topological polar surface area (TPSA) is 29.1 Å². The molecule has 1 aliphatic heterocycles. The van der Waals surface area contributed by atoms with Gasteiger partial charge in [0.1, 0.15) is 0 Å². The first kappa shape index (κ1) is 14.0. The smallest absolute Gasteiger partial charge is 0.256 e. The number of rotatable bonds is 1. The van der Waals surface area contributed by atoms with Crippen molar-refractivity contribution in [2.24, 2.45) is 0 Å². The number of fused-ring (bicyclic) bond motifs is 1. The fourth-order valence-corrected chi connectivity index (χ4v) is 4.08. The summed E-state index contributed by atoms with van der Waals surface area (Å²) in [5, 5.41) is 2.98. The number of amides is 1. The quantitative estimate of drug-likeness (QED) is 0.681. The summed E-state index contributed by atoms with van der Waals surface area (Å²) in [5.41, 5.74) is 8.28. The van der Waals surface area contributed by atoms with Crippen LogP contribution >= 0.6 is 15.9 Å². The molecule has 1 aromatic carbocycles. The molecular formula is C19H18BrNO. The van der Waals surface area contributed by atoms with Gasteiger partial charge in [-0.3, -0.25) is 4.79 Å². The SMILES string of the molecule is Cc1c(Br)ccc2c1C(=CC1=CC3=C(CCCC3)C1)C(=O)N2. The second kappa shape index (κ2) is 5.24. The van der Waals surface area contributed by atoms with Crippen LogP contribution in [0.15, 0.2) is 45.5 Å².